The van der Waals surface area contributed by atoms with Crippen LogP contribution in [0.2, 0.25) is 0 Å². The van der Waals surface area contributed by atoms with Crippen LogP contribution in [0.25, 0.3) is 55.7 Å². The SMILES string of the molecule is CCn1cc[n+](C)c1-c1cc(-c2cc(C)c(CCCCCc3cc(C)c(-c4ccc(C)c(-c5c6ccccc6cc[n+]5C)c4)cc3C)cc2C)ccc1C. The van der Waals surface area contributed by atoms with Crippen molar-refractivity contribution in [3.63, 3.8) is 0 Å². The van der Waals surface area contributed by atoms with E-state index in [0.717, 1.165) is 19.4 Å². The van der Waals surface area contributed by atoms with E-state index in [0.29, 0.717) is 0 Å². The van der Waals surface area contributed by atoms with E-state index in [1.54, 1.807) is 0 Å². The first kappa shape index (κ1) is 37.1. The number of rotatable bonds is 11. The Morgan fingerprint density at radius 1 is 0.500 bits per heavy atom. The van der Waals surface area contributed by atoms with Gasteiger partial charge in [-0.15, -0.1) is 0 Å². The molecule has 2 heterocycles. The molecule has 0 amide bonds. The molecule has 54 heavy (non-hydrogen) atoms. The van der Waals surface area contributed by atoms with E-state index < -0.39 is 0 Å². The largest absolute Gasteiger partial charge is 0.288 e. The van der Waals surface area contributed by atoms with Crippen LogP contribution in [0.1, 0.15) is 70.7 Å². The van der Waals surface area contributed by atoms with Crippen molar-refractivity contribution in [3.8, 4) is 44.9 Å². The molecule has 3 nitrogen and oxygen atoms in total. The summed E-state index contributed by atoms with van der Waals surface area (Å²) in [5.74, 6) is 1.26. The number of benzene rings is 5. The number of fused-ring (bicyclic) bond motifs is 1. The van der Waals surface area contributed by atoms with Gasteiger partial charge in [-0.25, -0.2) is 13.7 Å². The summed E-state index contributed by atoms with van der Waals surface area (Å²) in [6.07, 6.45) is 12.4. The van der Waals surface area contributed by atoms with Gasteiger partial charge in [0.25, 0.3) is 5.82 Å². The van der Waals surface area contributed by atoms with Crippen LogP contribution in [-0.2, 0) is 33.5 Å². The van der Waals surface area contributed by atoms with Gasteiger partial charge in [0.05, 0.1) is 30.1 Å². The minimum Gasteiger partial charge on any atom is -0.233 e. The predicted molar refractivity (Wildman–Crippen MR) is 228 cm³/mol. The summed E-state index contributed by atoms with van der Waals surface area (Å²) in [6.45, 7) is 16.8. The van der Waals surface area contributed by atoms with Crippen LogP contribution in [0.15, 0.2) is 110 Å². The molecule has 0 saturated heterocycles. The Labute approximate surface area is 323 Å². The molecule has 0 aliphatic carbocycles. The second-order valence-electron chi connectivity index (χ2n) is 15.7. The zero-order valence-electron chi connectivity index (χ0n) is 34.0. The maximum Gasteiger partial charge on any atom is 0.288 e. The van der Waals surface area contributed by atoms with Crippen LogP contribution in [0.4, 0.5) is 0 Å². The van der Waals surface area contributed by atoms with Crippen LogP contribution in [-0.4, -0.2) is 4.57 Å². The van der Waals surface area contributed by atoms with Gasteiger partial charge in [-0.05, 0) is 164 Å². The van der Waals surface area contributed by atoms with E-state index >= 15 is 0 Å². The lowest BCUT2D eigenvalue weighted by atomic mass is 9.90. The Morgan fingerprint density at radius 3 is 1.69 bits per heavy atom. The molecule has 0 aliphatic rings. The molecule has 7 aromatic rings. The maximum atomic E-state index is 2.45. The van der Waals surface area contributed by atoms with E-state index in [1.165, 1.54) is 119 Å². The molecule has 0 unspecified atom stereocenters. The van der Waals surface area contributed by atoms with Gasteiger partial charge >= 0.3 is 0 Å². The Kier molecular flexibility index (Phi) is 10.7. The molecular formula is C51H57N3+2. The Morgan fingerprint density at radius 2 is 1.07 bits per heavy atom. The first-order chi connectivity index (χ1) is 26.0. The Balaban J connectivity index is 1.01. The first-order valence-electron chi connectivity index (χ1n) is 19.9. The number of aryl methyl sites for hydroxylation is 11. The van der Waals surface area contributed by atoms with Gasteiger partial charge in [-0.3, -0.25) is 0 Å². The molecule has 0 aliphatic heterocycles. The maximum absolute atomic E-state index is 2.45. The monoisotopic (exact) mass is 711 g/mol. The summed E-state index contributed by atoms with van der Waals surface area (Å²) in [7, 11) is 4.30. The zero-order valence-corrected chi connectivity index (χ0v) is 34.0. The van der Waals surface area contributed by atoms with Gasteiger partial charge < -0.3 is 0 Å². The molecule has 2 aromatic heterocycles. The topological polar surface area (TPSA) is 12.7 Å². The van der Waals surface area contributed by atoms with Crippen LogP contribution in [0.5, 0.6) is 0 Å². The summed E-state index contributed by atoms with van der Waals surface area (Å²) in [6, 6.07) is 34.6. The summed E-state index contributed by atoms with van der Waals surface area (Å²) in [4.78, 5) is 0. The second kappa shape index (κ2) is 15.6. The number of aromatic nitrogens is 3. The Bertz CT molecular complexity index is 2490. The first-order valence-corrected chi connectivity index (χ1v) is 19.9. The van der Waals surface area contributed by atoms with Crippen LogP contribution in [0, 0.1) is 41.5 Å². The highest BCUT2D eigenvalue weighted by Crippen LogP contribution is 2.35. The van der Waals surface area contributed by atoms with Crippen molar-refractivity contribution < 1.29 is 9.13 Å². The van der Waals surface area contributed by atoms with Gasteiger partial charge in [0.15, 0.2) is 6.20 Å². The standard InChI is InChI=1S/C51H57N3/c1-10-54-27-26-53(9)51(54)49-33-44(23-21-35(49)3)47-31-37(5)42(29-39(47)7)18-13-11-12-17-41-28-38(6)46(30-36(41)4)43-22-20-34(2)48(32-43)50-45-19-15-14-16-40(45)24-25-52(50)8/h14-16,19-33H,10-13,17-18H2,1-9H3/q+2. The highest BCUT2D eigenvalue weighted by Gasteiger charge is 2.21. The Hall–Kier alpha value is -5.28. The molecule has 0 N–H and O–H groups in total. The van der Waals surface area contributed by atoms with Crippen molar-refractivity contribution in [1.29, 1.82) is 0 Å². The van der Waals surface area contributed by atoms with Crippen molar-refractivity contribution in [2.24, 2.45) is 14.1 Å². The van der Waals surface area contributed by atoms with Crippen LogP contribution >= 0.6 is 0 Å². The lowest BCUT2D eigenvalue weighted by molar-refractivity contribution is -0.659. The van der Waals surface area contributed by atoms with Crippen molar-refractivity contribution in [3.05, 3.63) is 154 Å². The number of hydrogen-bond donors (Lipinski definition) is 0. The van der Waals surface area contributed by atoms with Crippen molar-refractivity contribution in [2.75, 3.05) is 0 Å². The van der Waals surface area contributed by atoms with Crippen molar-refractivity contribution in [2.45, 2.75) is 87.1 Å². The minimum absolute atomic E-state index is 0.958. The summed E-state index contributed by atoms with van der Waals surface area (Å²) in [5.41, 5.74) is 20.2. The fourth-order valence-electron chi connectivity index (χ4n) is 8.57. The van der Waals surface area contributed by atoms with E-state index in [4.69, 9.17) is 0 Å². The third kappa shape index (κ3) is 7.29. The fraction of sp³-hybridized carbons (Fsp3) is 0.294. The number of nitrogens with zero attached hydrogens (tertiary/aromatic N) is 3. The summed E-state index contributed by atoms with van der Waals surface area (Å²) < 4.78 is 6.84. The highest BCUT2D eigenvalue weighted by atomic mass is 15.1. The molecule has 0 fully saturated rings. The van der Waals surface area contributed by atoms with Gasteiger partial charge in [0.2, 0.25) is 5.69 Å². The molecule has 7 rings (SSSR count). The lowest BCUT2D eigenvalue weighted by Crippen LogP contribution is -2.30. The van der Waals surface area contributed by atoms with Gasteiger partial charge in [-0.2, -0.15) is 0 Å². The molecule has 0 radical (unpaired) electrons. The van der Waals surface area contributed by atoms with E-state index in [9.17, 15) is 0 Å². The average Bonchev–Trinajstić information content (AvgIpc) is 3.54. The fourth-order valence-corrected chi connectivity index (χ4v) is 8.57. The molecule has 0 spiro atoms. The normalized spacial score (nSPS) is 11.5. The predicted octanol–water partition coefficient (Wildman–Crippen LogP) is 11.8. The van der Waals surface area contributed by atoms with Crippen LogP contribution < -0.4 is 9.13 Å². The van der Waals surface area contributed by atoms with Crippen molar-refractivity contribution in [1.82, 2.24) is 4.57 Å². The summed E-state index contributed by atoms with van der Waals surface area (Å²) >= 11 is 0. The number of hydrogen-bond acceptors (Lipinski definition) is 0. The van der Waals surface area contributed by atoms with E-state index in [2.05, 4.69) is 186 Å². The number of unbranched alkanes of at least 4 members (excludes halogenated alkanes) is 2. The smallest absolute Gasteiger partial charge is 0.233 e. The molecular weight excluding hydrogens is 655 g/mol. The van der Waals surface area contributed by atoms with Crippen LogP contribution in [0.3, 0.4) is 0 Å². The molecule has 5 aromatic carbocycles. The minimum atomic E-state index is 0.958. The second-order valence-corrected chi connectivity index (χ2v) is 15.7. The molecule has 3 heteroatoms. The number of pyridine rings is 1. The zero-order chi connectivity index (χ0) is 38.1. The number of imidazole rings is 1. The molecule has 0 atom stereocenters. The molecule has 0 bridgehead atoms. The quantitative estimate of drug-likeness (QED) is 0.0936. The van der Waals surface area contributed by atoms with Gasteiger partial charge in [0.1, 0.15) is 19.4 Å². The highest BCUT2D eigenvalue weighted by molar-refractivity contribution is 5.94. The third-order valence-corrected chi connectivity index (χ3v) is 11.8. The third-order valence-electron chi connectivity index (χ3n) is 11.8. The lowest BCUT2D eigenvalue weighted by Gasteiger charge is -2.15. The van der Waals surface area contributed by atoms with E-state index in [-0.39, 0.29) is 0 Å². The van der Waals surface area contributed by atoms with Gasteiger partial charge in [-0.1, -0.05) is 73.2 Å². The van der Waals surface area contributed by atoms with E-state index in [1.807, 2.05) is 0 Å². The van der Waals surface area contributed by atoms with Crippen molar-refractivity contribution >= 4 is 10.8 Å². The average molecular weight is 712 g/mol. The molecule has 0 saturated carbocycles. The summed E-state index contributed by atoms with van der Waals surface area (Å²) in [5, 5.41) is 2.56. The van der Waals surface area contributed by atoms with Gasteiger partial charge in [0, 0.05) is 6.07 Å². The molecule has 274 valence electrons.